The second-order valence-corrected chi connectivity index (χ2v) is 6.23. The molecular formula is C14H20N2O5. The molecule has 1 saturated heterocycles. The highest BCUT2D eigenvalue weighted by molar-refractivity contribution is 5.95. The molecule has 0 bridgehead atoms. The van der Waals surface area contributed by atoms with Gasteiger partial charge in [0.15, 0.2) is 5.69 Å². The lowest BCUT2D eigenvalue weighted by Crippen LogP contribution is -2.40. The van der Waals surface area contributed by atoms with Gasteiger partial charge in [-0.05, 0) is 0 Å². The number of carbonyl (C=O) groups excluding carboxylic acids is 1. The van der Waals surface area contributed by atoms with Gasteiger partial charge in [0, 0.05) is 31.6 Å². The molecule has 2 rings (SSSR count). The van der Waals surface area contributed by atoms with Gasteiger partial charge in [-0.1, -0.05) is 25.9 Å². The number of amides is 1. The Labute approximate surface area is 122 Å². The van der Waals surface area contributed by atoms with Gasteiger partial charge in [0.2, 0.25) is 0 Å². The fourth-order valence-corrected chi connectivity index (χ4v) is 2.30. The molecule has 1 aliphatic rings. The summed E-state index contributed by atoms with van der Waals surface area (Å²) in [6, 6.07) is 0.679. The third kappa shape index (κ3) is 3.07. The minimum Gasteiger partial charge on any atom is -0.480 e. The summed E-state index contributed by atoms with van der Waals surface area (Å²) in [5.41, 5.74) is -0.138. The Morgan fingerprint density at radius 1 is 1.48 bits per heavy atom. The molecule has 0 spiro atoms. The fourth-order valence-electron chi connectivity index (χ4n) is 2.30. The van der Waals surface area contributed by atoms with E-state index in [-0.39, 0.29) is 30.2 Å². The van der Waals surface area contributed by atoms with Crippen molar-refractivity contribution in [2.75, 3.05) is 13.7 Å². The molecule has 1 N–H and O–H groups in total. The first-order valence-electron chi connectivity index (χ1n) is 6.77. The van der Waals surface area contributed by atoms with E-state index >= 15 is 0 Å². The summed E-state index contributed by atoms with van der Waals surface area (Å²) in [7, 11) is 1.51. The van der Waals surface area contributed by atoms with E-state index in [0.29, 0.717) is 5.76 Å². The number of rotatable bonds is 3. The van der Waals surface area contributed by atoms with Gasteiger partial charge in [-0.15, -0.1) is 0 Å². The van der Waals surface area contributed by atoms with Crippen LogP contribution in [0.15, 0.2) is 10.6 Å². The van der Waals surface area contributed by atoms with E-state index in [1.54, 1.807) is 6.07 Å². The number of methoxy groups -OCH3 is 1. The average molecular weight is 296 g/mol. The quantitative estimate of drug-likeness (QED) is 0.903. The van der Waals surface area contributed by atoms with Crippen LogP contribution in [0.3, 0.4) is 0 Å². The predicted molar refractivity (Wildman–Crippen MR) is 73.1 cm³/mol. The van der Waals surface area contributed by atoms with Gasteiger partial charge in [0.1, 0.15) is 11.8 Å². The molecule has 1 aromatic heterocycles. The SMILES string of the molecule is COC1CC(C(=O)O)N(C(=O)c2cc(C(C)(C)C)on2)C1. The normalized spacial score (nSPS) is 22.6. The van der Waals surface area contributed by atoms with E-state index in [4.69, 9.17) is 9.26 Å². The Hall–Kier alpha value is -1.89. The molecule has 2 heterocycles. The largest absolute Gasteiger partial charge is 0.480 e. The highest BCUT2D eigenvalue weighted by atomic mass is 16.5. The maximum Gasteiger partial charge on any atom is 0.326 e. The lowest BCUT2D eigenvalue weighted by molar-refractivity contribution is -0.141. The van der Waals surface area contributed by atoms with Gasteiger partial charge in [-0.3, -0.25) is 4.79 Å². The number of aromatic nitrogens is 1. The standard InChI is InChI=1S/C14H20N2O5/c1-14(2,3)11-6-9(15-21-11)12(17)16-7-8(20-4)5-10(16)13(18)19/h6,8,10H,5,7H2,1-4H3,(H,18,19). The molecule has 7 heteroatoms. The third-order valence-electron chi connectivity index (χ3n) is 3.61. The van der Waals surface area contributed by atoms with Crippen LogP contribution in [0.5, 0.6) is 0 Å². The number of hydrogen-bond donors (Lipinski definition) is 1. The number of carbonyl (C=O) groups is 2. The molecule has 116 valence electrons. The van der Waals surface area contributed by atoms with Crippen molar-refractivity contribution in [2.24, 2.45) is 0 Å². The van der Waals surface area contributed by atoms with Crippen LogP contribution >= 0.6 is 0 Å². The van der Waals surface area contributed by atoms with Crippen LogP contribution in [0.25, 0.3) is 0 Å². The van der Waals surface area contributed by atoms with E-state index in [9.17, 15) is 14.7 Å². The van der Waals surface area contributed by atoms with Gasteiger partial charge in [-0.2, -0.15) is 0 Å². The highest BCUT2D eigenvalue weighted by Gasteiger charge is 2.41. The van der Waals surface area contributed by atoms with Crippen molar-refractivity contribution in [3.05, 3.63) is 17.5 Å². The Bertz CT molecular complexity index is 546. The smallest absolute Gasteiger partial charge is 0.326 e. The van der Waals surface area contributed by atoms with Crippen LogP contribution < -0.4 is 0 Å². The number of carboxylic acids is 1. The number of likely N-dealkylation sites (tertiary alicyclic amines) is 1. The van der Waals surface area contributed by atoms with Crippen molar-refractivity contribution in [3.8, 4) is 0 Å². The molecule has 0 radical (unpaired) electrons. The molecule has 2 atom stereocenters. The summed E-state index contributed by atoms with van der Waals surface area (Å²) < 4.78 is 10.3. The van der Waals surface area contributed by atoms with Crippen LogP contribution in [-0.2, 0) is 14.9 Å². The minimum absolute atomic E-state index is 0.128. The van der Waals surface area contributed by atoms with Crippen molar-refractivity contribution >= 4 is 11.9 Å². The van der Waals surface area contributed by atoms with Gasteiger partial charge in [0.05, 0.1) is 6.10 Å². The minimum atomic E-state index is -1.04. The fraction of sp³-hybridized carbons (Fsp3) is 0.643. The summed E-state index contributed by atoms with van der Waals surface area (Å²) in [6.45, 7) is 6.07. The molecule has 1 fully saturated rings. The molecule has 0 saturated carbocycles. The lowest BCUT2D eigenvalue weighted by Gasteiger charge is -2.19. The van der Waals surface area contributed by atoms with Crippen molar-refractivity contribution in [1.29, 1.82) is 0 Å². The molecule has 0 aliphatic carbocycles. The van der Waals surface area contributed by atoms with Crippen LogP contribution in [0.2, 0.25) is 0 Å². The Kier molecular flexibility index (Phi) is 4.04. The zero-order chi connectivity index (χ0) is 15.8. The van der Waals surface area contributed by atoms with E-state index in [2.05, 4.69) is 5.16 Å². The summed E-state index contributed by atoms with van der Waals surface area (Å²) in [5.74, 6) is -0.899. The monoisotopic (exact) mass is 296 g/mol. The van der Waals surface area contributed by atoms with Crippen molar-refractivity contribution in [1.82, 2.24) is 10.1 Å². The maximum absolute atomic E-state index is 12.4. The molecule has 1 aliphatic heterocycles. The van der Waals surface area contributed by atoms with Crippen molar-refractivity contribution in [3.63, 3.8) is 0 Å². The van der Waals surface area contributed by atoms with Crippen molar-refractivity contribution in [2.45, 2.75) is 44.8 Å². The lowest BCUT2D eigenvalue weighted by atomic mass is 9.93. The first kappa shape index (κ1) is 15.5. The Morgan fingerprint density at radius 3 is 2.62 bits per heavy atom. The third-order valence-corrected chi connectivity index (χ3v) is 3.61. The second kappa shape index (κ2) is 5.48. The zero-order valence-corrected chi connectivity index (χ0v) is 12.6. The van der Waals surface area contributed by atoms with E-state index in [1.807, 2.05) is 20.8 Å². The van der Waals surface area contributed by atoms with Gasteiger partial charge >= 0.3 is 5.97 Å². The topological polar surface area (TPSA) is 92.9 Å². The molecule has 2 unspecified atom stereocenters. The molecule has 0 aromatic carbocycles. The highest BCUT2D eigenvalue weighted by Crippen LogP contribution is 2.26. The number of carboxylic acid groups (broad SMARTS) is 1. The van der Waals surface area contributed by atoms with E-state index in [1.165, 1.54) is 12.0 Å². The number of hydrogen-bond acceptors (Lipinski definition) is 5. The van der Waals surface area contributed by atoms with E-state index < -0.39 is 17.9 Å². The van der Waals surface area contributed by atoms with E-state index in [0.717, 1.165) is 0 Å². The van der Waals surface area contributed by atoms with Gasteiger partial charge in [-0.25, -0.2) is 4.79 Å². The van der Waals surface area contributed by atoms with Gasteiger partial charge in [0.25, 0.3) is 5.91 Å². The van der Waals surface area contributed by atoms with Crippen LogP contribution in [0.4, 0.5) is 0 Å². The average Bonchev–Trinajstić information content (AvgIpc) is 3.04. The number of ether oxygens (including phenoxy) is 1. The van der Waals surface area contributed by atoms with Crippen molar-refractivity contribution < 1.29 is 24.0 Å². The van der Waals surface area contributed by atoms with Crippen LogP contribution in [0.1, 0.15) is 43.4 Å². The first-order valence-corrected chi connectivity index (χ1v) is 6.77. The molecule has 1 amide bonds. The molecule has 7 nitrogen and oxygen atoms in total. The molecule has 1 aromatic rings. The summed E-state index contributed by atoms with van der Waals surface area (Å²) in [6.07, 6.45) is 0.00528. The Morgan fingerprint density at radius 2 is 2.14 bits per heavy atom. The number of nitrogens with zero attached hydrogens (tertiary/aromatic N) is 2. The summed E-state index contributed by atoms with van der Waals surface area (Å²) in [4.78, 5) is 25.0. The summed E-state index contributed by atoms with van der Waals surface area (Å²) >= 11 is 0. The number of aliphatic carboxylic acids is 1. The summed E-state index contributed by atoms with van der Waals surface area (Å²) in [5, 5.41) is 13.0. The zero-order valence-electron chi connectivity index (χ0n) is 12.6. The second-order valence-electron chi connectivity index (χ2n) is 6.23. The Balaban J connectivity index is 2.22. The molecular weight excluding hydrogens is 276 g/mol. The predicted octanol–water partition coefficient (Wildman–Crippen LogP) is 1.29. The van der Waals surface area contributed by atoms with Gasteiger partial charge < -0.3 is 19.3 Å². The maximum atomic E-state index is 12.4. The molecule has 21 heavy (non-hydrogen) atoms. The first-order chi connectivity index (χ1) is 9.74. The van der Waals surface area contributed by atoms with Crippen LogP contribution in [0, 0.1) is 0 Å². The van der Waals surface area contributed by atoms with Crippen LogP contribution in [-0.4, -0.2) is 52.8 Å².